The molecule has 0 saturated carbocycles. The Morgan fingerprint density at radius 3 is 1.79 bits per heavy atom. The maximum atomic E-state index is 14.3. The van der Waals surface area contributed by atoms with E-state index in [1.54, 1.807) is 66.9 Å². The van der Waals surface area contributed by atoms with E-state index < -0.39 is 20.0 Å². The molecule has 10 nitrogen and oxygen atoms in total. The summed E-state index contributed by atoms with van der Waals surface area (Å²) in [5.41, 5.74) is 2.37. The molecular formula is C31H36N6O4S2. The Kier molecular flexibility index (Phi) is 8.90. The summed E-state index contributed by atoms with van der Waals surface area (Å²) in [7, 11) is -3.44. The third-order valence-electron chi connectivity index (χ3n) is 7.61. The Labute approximate surface area is 254 Å². The topological polar surface area (TPSA) is 106 Å². The normalized spacial score (nSPS) is 14.3. The minimum atomic E-state index is -4.22. The number of rotatable bonds is 10. The van der Waals surface area contributed by atoms with Crippen molar-refractivity contribution < 1.29 is 16.8 Å². The summed E-state index contributed by atoms with van der Waals surface area (Å²) >= 11 is 0. The van der Waals surface area contributed by atoms with Crippen molar-refractivity contribution in [2.75, 3.05) is 66.1 Å². The summed E-state index contributed by atoms with van der Waals surface area (Å²) in [6.45, 7) is 2.90. The average Bonchev–Trinajstić information content (AvgIpc) is 3.04. The highest BCUT2D eigenvalue weighted by Crippen LogP contribution is 2.39. The smallest absolute Gasteiger partial charge is 0.266 e. The Balaban J connectivity index is 1.70. The Hall–Kier alpha value is -4.13. The lowest BCUT2D eigenvalue weighted by Gasteiger charge is -2.36. The maximum absolute atomic E-state index is 14.3. The minimum absolute atomic E-state index is 0.0770. The number of likely N-dealkylation sites (N-methyl/N-ethyl adjacent to an activating group) is 1. The van der Waals surface area contributed by atoms with Gasteiger partial charge in [-0.3, -0.25) is 13.6 Å². The molecule has 5 rings (SSSR count). The molecule has 0 amide bonds. The second kappa shape index (κ2) is 12.6. The van der Waals surface area contributed by atoms with Crippen LogP contribution in [0.5, 0.6) is 0 Å². The number of anilines is 4. The fraction of sp³-hybridized carbons (Fsp3) is 0.258. The van der Waals surface area contributed by atoms with Crippen molar-refractivity contribution >= 4 is 42.8 Å². The van der Waals surface area contributed by atoms with Gasteiger partial charge in [-0.15, -0.1) is 0 Å². The number of piperazine rings is 1. The molecule has 1 aliphatic heterocycles. The van der Waals surface area contributed by atoms with E-state index in [2.05, 4.69) is 15.2 Å². The number of hydrogen-bond acceptors (Lipinski definition) is 8. The van der Waals surface area contributed by atoms with Crippen LogP contribution in [0.1, 0.15) is 5.69 Å². The van der Waals surface area contributed by atoms with Gasteiger partial charge >= 0.3 is 0 Å². The molecule has 1 aromatic heterocycles. The average molecular weight is 621 g/mol. The van der Waals surface area contributed by atoms with E-state index in [1.165, 1.54) is 28.8 Å². The number of para-hydroxylation sites is 2. The summed E-state index contributed by atoms with van der Waals surface area (Å²) < 4.78 is 59.5. The summed E-state index contributed by atoms with van der Waals surface area (Å²) in [4.78, 5) is 8.32. The van der Waals surface area contributed by atoms with Crippen molar-refractivity contribution in [1.82, 2.24) is 9.88 Å². The van der Waals surface area contributed by atoms with Crippen molar-refractivity contribution in [3.05, 3.63) is 103 Å². The predicted octanol–water partition coefficient (Wildman–Crippen LogP) is 4.10. The zero-order chi connectivity index (χ0) is 30.6. The monoisotopic (exact) mass is 620 g/mol. The van der Waals surface area contributed by atoms with Gasteiger partial charge in [-0.05, 0) is 55.6 Å². The highest BCUT2D eigenvalue weighted by atomic mass is 32.2. The SMILES string of the molecule is CN1CCN(c2cc(NCc3ccccn3)c(S(=O)(=O)N(C)c3ccccc3)cc2S(=O)(=O)N(C)c2ccccc2)CC1. The van der Waals surface area contributed by atoms with Crippen molar-refractivity contribution in [3.8, 4) is 0 Å². The lowest BCUT2D eigenvalue weighted by Crippen LogP contribution is -2.45. The first-order valence-electron chi connectivity index (χ1n) is 13.9. The van der Waals surface area contributed by atoms with Gasteiger partial charge in [0.15, 0.2) is 0 Å². The molecule has 2 heterocycles. The Morgan fingerprint density at radius 2 is 1.26 bits per heavy atom. The predicted molar refractivity (Wildman–Crippen MR) is 172 cm³/mol. The van der Waals surface area contributed by atoms with Crippen LogP contribution in [0.15, 0.2) is 107 Å². The van der Waals surface area contributed by atoms with E-state index >= 15 is 0 Å². The molecule has 1 fully saturated rings. The van der Waals surface area contributed by atoms with Gasteiger partial charge in [0.25, 0.3) is 20.0 Å². The van der Waals surface area contributed by atoms with Gasteiger partial charge in [0.1, 0.15) is 9.79 Å². The van der Waals surface area contributed by atoms with E-state index in [-0.39, 0.29) is 16.3 Å². The molecule has 1 saturated heterocycles. The van der Waals surface area contributed by atoms with E-state index in [0.29, 0.717) is 41.5 Å². The quantitative estimate of drug-likeness (QED) is 0.283. The van der Waals surface area contributed by atoms with Crippen molar-refractivity contribution in [2.45, 2.75) is 16.3 Å². The largest absolute Gasteiger partial charge is 0.378 e. The number of benzene rings is 3. The molecule has 226 valence electrons. The second-order valence-corrected chi connectivity index (χ2v) is 14.3. The second-order valence-electron chi connectivity index (χ2n) is 10.4. The van der Waals surface area contributed by atoms with Crippen LogP contribution >= 0.6 is 0 Å². The van der Waals surface area contributed by atoms with Crippen LogP contribution in [0.25, 0.3) is 0 Å². The first kappa shape index (κ1) is 30.3. The molecule has 4 aromatic rings. The molecule has 1 N–H and O–H groups in total. The molecule has 0 atom stereocenters. The van der Waals surface area contributed by atoms with E-state index in [0.717, 1.165) is 13.1 Å². The van der Waals surface area contributed by atoms with Crippen molar-refractivity contribution in [1.29, 1.82) is 0 Å². The number of nitrogens with one attached hydrogen (secondary N) is 1. The third-order valence-corrected chi connectivity index (χ3v) is 11.2. The third kappa shape index (κ3) is 6.46. The first-order valence-corrected chi connectivity index (χ1v) is 16.8. The maximum Gasteiger partial charge on any atom is 0.266 e. The summed E-state index contributed by atoms with van der Waals surface area (Å²) in [6, 6.07) is 25.9. The van der Waals surface area contributed by atoms with Crippen LogP contribution in [-0.4, -0.2) is 74.0 Å². The number of aromatic nitrogens is 1. The van der Waals surface area contributed by atoms with Crippen LogP contribution in [-0.2, 0) is 26.6 Å². The van der Waals surface area contributed by atoms with Crippen LogP contribution < -0.4 is 18.8 Å². The standard InChI is InChI=1S/C31H36N6O4S2/c1-34-18-20-37(21-19-34)29-22-28(33-24-25-12-10-11-17-32-25)30(42(38,39)35(2)26-13-6-4-7-14-26)23-31(29)43(40,41)36(3)27-15-8-5-9-16-27/h4-17,22-23,33H,18-21,24H2,1-3H3. The van der Waals surface area contributed by atoms with Gasteiger partial charge in [-0.25, -0.2) is 16.8 Å². The molecule has 1 aliphatic rings. The van der Waals surface area contributed by atoms with Gasteiger partial charge in [0.05, 0.1) is 35.0 Å². The van der Waals surface area contributed by atoms with Gasteiger partial charge < -0.3 is 15.1 Å². The molecule has 0 aliphatic carbocycles. The lowest BCUT2D eigenvalue weighted by atomic mass is 10.2. The summed E-state index contributed by atoms with van der Waals surface area (Å²) in [5, 5.41) is 3.26. The first-order chi connectivity index (χ1) is 20.6. The highest BCUT2D eigenvalue weighted by molar-refractivity contribution is 7.93. The van der Waals surface area contributed by atoms with Crippen LogP contribution in [0.2, 0.25) is 0 Å². The summed E-state index contributed by atoms with van der Waals surface area (Å²) in [5.74, 6) is 0. The molecule has 0 unspecified atom stereocenters. The van der Waals surface area contributed by atoms with Gasteiger partial charge in [-0.1, -0.05) is 42.5 Å². The van der Waals surface area contributed by atoms with Crippen LogP contribution in [0, 0.1) is 0 Å². The van der Waals surface area contributed by atoms with E-state index in [4.69, 9.17) is 0 Å². The van der Waals surface area contributed by atoms with Crippen molar-refractivity contribution in [3.63, 3.8) is 0 Å². The van der Waals surface area contributed by atoms with E-state index in [1.807, 2.05) is 36.2 Å². The molecule has 12 heteroatoms. The lowest BCUT2D eigenvalue weighted by molar-refractivity contribution is 0.312. The zero-order valence-corrected chi connectivity index (χ0v) is 26.1. The highest BCUT2D eigenvalue weighted by Gasteiger charge is 2.34. The van der Waals surface area contributed by atoms with E-state index in [9.17, 15) is 16.8 Å². The molecule has 43 heavy (non-hydrogen) atoms. The molecule has 0 radical (unpaired) electrons. The Bertz CT molecular complexity index is 1750. The van der Waals surface area contributed by atoms with Crippen LogP contribution in [0.3, 0.4) is 0 Å². The van der Waals surface area contributed by atoms with Crippen molar-refractivity contribution in [2.24, 2.45) is 0 Å². The number of nitrogens with zero attached hydrogens (tertiary/aromatic N) is 5. The fourth-order valence-electron chi connectivity index (χ4n) is 4.94. The number of hydrogen-bond donors (Lipinski definition) is 1. The summed E-state index contributed by atoms with van der Waals surface area (Å²) in [6.07, 6.45) is 1.67. The minimum Gasteiger partial charge on any atom is -0.378 e. The van der Waals surface area contributed by atoms with Crippen LogP contribution in [0.4, 0.5) is 22.7 Å². The number of pyridine rings is 1. The molecule has 0 spiro atoms. The fourth-order valence-corrected chi connectivity index (χ4v) is 7.80. The van der Waals surface area contributed by atoms with Gasteiger partial charge in [0.2, 0.25) is 0 Å². The van der Waals surface area contributed by atoms with Gasteiger partial charge in [0, 0.05) is 46.5 Å². The molecular weight excluding hydrogens is 585 g/mol. The zero-order valence-electron chi connectivity index (χ0n) is 24.5. The van der Waals surface area contributed by atoms with Gasteiger partial charge in [-0.2, -0.15) is 0 Å². The Morgan fingerprint density at radius 1 is 0.721 bits per heavy atom. The molecule has 3 aromatic carbocycles. The molecule has 0 bridgehead atoms. The number of sulfonamides is 2.